The van der Waals surface area contributed by atoms with Gasteiger partial charge in [0.25, 0.3) is 0 Å². The van der Waals surface area contributed by atoms with E-state index in [2.05, 4.69) is 0 Å². The smallest absolute Gasteiger partial charge is 0.108 e. The van der Waals surface area contributed by atoms with Gasteiger partial charge in [0.2, 0.25) is 0 Å². The minimum absolute atomic E-state index is 0.552. The SMILES string of the molecule is Cc1cc(C(O)c2ccsc2)co1. The summed E-state index contributed by atoms with van der Waals surface area (Å²) in [6.45, 7) is 1.86. The van der Waals surface area contributed by atoms with Gasteiger partial charge in [-0.15, -0.1) is 0 Å². The van der Waals surface area contributed by atoms with Crippen LogP contribution < -0.4 is 0 Å². The number of rotatable bonds is 2. The number of hydrogen-bond donors (Lipinski definition) is 1. The molecule has 0 aliphatic heterocycles. The highest BCUT2D eigenvalue weighted by molar-refractivity contribution is 7.07. The van der Waals surface area contributed by atoms with Crippen LogP contribution in [0.25, 0.3) is 0 Å². The molecule has 1 atom stereocenters. The third-order valence-electron chi connectivity index (χ3n) is 1.93. The summed E-state index contributed by atoms with van der Waals surface area (Å²) in [5.41, 5.74) is 1.74. The van der Waals surface area contributed by atoms with Crippen LogP contribution in [0.4, 0.5) is 0 Å². The lowest BCUT2D eigenvalue weighted by atomic mass is 10.1. The molecule has 1 N–H and O–H groups in total. The predicted molar refractivity (Wildman–Crippen MR) is 51.8 cm³/mol. The van der Waals surface area contributed by atoms with Gasteiger partial charge >= 0.3 is 0 Å². The summed E-state index contributed by atoms with van der Waals surface area (Å²) in [5, 5.41) is 13.7. The standard InChI is InChI=1S/C10H10O2S/c1-7-4-9(5-12-7)10(11)8-2-3-13-6-8/h2-6,10-11H,1H3. The summed E-state index contributed by atoms with van der Waals surface area (Å²) >= 11 is 1.58. The summed E-state index contributed by atoms with van der Waals surface area (Å²) in [4.78, 5) is 0. The van der Waals surface area contributed by atoms with Crippen molar-refractivity contribution in [2.24, 2.45) is 0 Å². The molecule has 0 amide bonds. The van der Waals surface area contributed by atoms with Crippen LogP contribution in [-0.4, -0.2) is 5.11 Å². The van der Waals surface area contributed by atoms with Gasteiger partial charge in [-0.1, -0.05) is 0 Å². The van der Waals surface area contributed by atoms with E-state index in [0.717, 1.165) is 16.9 Å². The van der Waals surface area contributed by atoms with Gasteiger partial charge in [0.1, 0.15) is 11.9 Å². The topological polar surface area (TPSA) is 33.4 Å². The normalized spacial score (nSPS) is 13.1. The number of thiophene rings is 1. The second-order valence-corrected chi connectivity index (χ2v) is 3.73. The number of aliphatic hydroxyl groups excluding tert-OH is 1. The first-order chi connectivity index (χ1) is 6.27. The van der Waals surface area contributed by atoms with E-state index in [4.69, 9.17) is 4.42 Å². The van der Waals surface area contributed by atoms with Gasteiger partial charge in [-0.3, -0.25) is 0 Å². The van der Waals surface area contributed by atoms with Crippen molar-refractivity contribution in [1.82, 2.24) is 0 Å². The zero-order chi connectivity index (χ0) is 9.26. The second-order valence-electron chi connectivity index (χ2n) is 2.95. The highest BCUT2D eigenvalue weighted by Crippen LogP contribution is 2.24. The van der Waals surface area contributed by atoms with Crippen molar-refractivity contribution in [3.63, 3.8) is 0 Å². The van der Waals surface area contributed by atoms with Gasteiger partial charge in [-0.2, -0.15) is 11.3 Å². The number of hydrogen-bond acceptors (Lipinski definition) is 3. The molecule has 2 rings (SSSR count). The first kappa shape index (κ1) is 8.53. The first-order valence-corrected chi connectivity index (χ1v) is 4.97. The molecule has 2 aromatic rings. The molecule has 2 aromatic heterocycles. The molecule has 0 spiro atoms. The summed E-state index contributed by atoms with van der Waals surface area (Å²) in [6.07, 6.45) is 1.04. The quantitative estimate of drug-likeness (QED) is 0.797. The fourth-order valence-corrected chi connectivity index (χ4v) is 1.91. The molecule has 2 nitrogen and oxygen atoms in total. The fraction of sp³-hybridized carbons (Fsp3) is 0.200. The maximum Gasteiger partial charge on any atom is 0.108 e. The minimum atomic E-state index is -0.552. The predicted octanol–water partition coefficient (Wildman–Crippen LogP) is 2.73. The van der Waals surface area contributed by atoms with Crippen LogP contribution in [0.15, 0.2) is 33.6 Å². The Hall–Kier alpha value is -1.06. The molecule has 1 unspecified atom stereocenters. The highest BCUT2D eigenvalue weighted by atomic mass is 32.1. The molecule has 0 aliphatic carbocycles. The third kappa shape index (κ3) is 1.66. The summed E-state index contributed by atoms with van der Waals surface area (Å²) in [5.74, 6) is 0.823. The van der Waals surface area contributed by atoms with E-state index >= 15 is 0 Å². The van der Waals surface area contributed by atoms with Crippen LogP contribution >= 0.6 is 11.3 Å². The number of aryl methyl sites for hydroxylation is 1. The summed E-state index contributed by atoms with van der Waals surface area (Å²) in [6, 6.07) is 3.76. The molecular weight excluding hydrogens is 184 g/mol. The third-order valence-corrected chi connectivity index (χ3v) is 2.63. The van der Waals surface area contributed by atoms with Crippen LogP contribution in [0, 0.1) is 6.92 Å². The number of aliphatic hydroxyl groups is 1. The molecule has 2 heterocycles. The molecule has 13 heavy (non-hydrogen) atoms. The van der Waals surface area contributed by atoms with Crippen LogP contribution in [0.5, 0.6) is 0 Å². The zero-order valence-corrected chi connectivity index (χ0v) is 8.04. The van der Waals surface area contributed by atoms with E-state index in [1.165, 1.54) is 0 Å². The Labute approximate surface area is 80.4 Å². The van der Waals surface area contributed by atoms with Gasteiger partial charge < -0.3 is 9.52 Å². The molecule has 0 saturated carbocycles. The molecule has 0 saturated heterocycles. The van der Waals surface area contributed by atoms with Crippen LogP contribution in [0.3, 0.4) is 0 Å². The van der Waals surface area contributed by atoms with E-state index < -0.39 is 6.10 Å². The van der Waals surface area contributed by atoms with Gasteiger partial charge in [-0.25, -0.2) is 0 Å². The highest BCUT2D eigenvalue weighted by Gasteiger charge is 2.12. The Morgan fingerprint density at radius 2 is 2.31 bits per heavy atom. The Bertz CT molecular complexity index is 375. The Kier molecular flexibility index (Phi) is 2.20. The molecule has 0 radical (unpaired) electrons. The average Bonchev–Trinajstić information content (AvgIpc) is 2.72. The largest absolute Gasteiger partial charge is 0.469 e. The van der Waals surface area contributed by atoms with Crippen LogP contribution in [-0.2, 0) is 0 Å². The van der Waals surface area contributed by atoms with Crippen LogP contribution in [0.2, 0.25) is 0 Å². The van der Waals surface area contributed by atoms with Crippen molar-refractivity contribution in [3.05, 3.63) is 46.0 Å². The van der Waals surface area contributed by atoms with Crippen molar-refractivity contribution in [2.75, 3.05) is 0 Å². The molecular formula is C10H10O2S. The summed E-state index contributed by atoms with van der Waals surface area (Å²) < 4.78 is 5.13. The Balaban J connectivity index is 2.28. The molecule has 0 fully saturated rings. The monoisotopic (exact) mass is 194 g/mol. The van der Waals surface area contributed by atoms with Crippen molar-refractivity contribution in [1.29, 1.82) is 0 Å². The second kappa shape index (κ2) is 3.36. The Morgan fingerprint density at radius 1 is 1.46 bits per heavy atom. The maximum atomic E-state index is 9.84. The molecule has 68 valence electrons. The van der Waals surface area contributed by atoms with Crippen molar-refractivity contribution in [2.45, 2.75) is 13.0 Å². The minimum Gasteiger partial charge on any atom is -0.469 e. The fourth-order valence-electron chi connectivity index (χ4n) is 1.23. The van der Waals surface area contributed by atoms with Gasteiger partial charge in [-0.05, 0) is 35.4 Å². The van der Waals surface area contributed by atoms with Gasteiger partial charge in [0.15, 0.2) is 0 Å². The number of furan rings is 1. The lowest BCUT2D eigenvalue weighted by molar-refractivity contribution is 0.220. The molecule has 3 heteroatoms. The zero-order valence-electron chi connectivity index (χ0n) is 7.23. The maximum absolute atomic E-state index is 9.84. The molecule has 0 aliphatic rings. The van der Waals surface area contributed by atoms with Crippen molar-refractivity contribution in [3.8, 4) is 0 Å². The van der Waals surface area contributed by atoms with E-state index in [0.29, 0.717) is 0 Å². The van der Waals surface area contributed by atoms with Gasteiger partial charge in [0.05, 0.1) is 6.26 Å². The van der Waals surface area contributed by atoms with E-state index in [1.807, 2.05) is 29.8 Å². The van der Waals surface area contributed by atoms with Gasteiger partial charge in [0, 0.05) is 5.56 Å². The molecule has 0 bridgehead atoms. The molecule has 0 aromatic carbocycles. The first-order valence-electron chi connectivity index (χ1n) is 4.02. The average molecular weight is 194 g/mol. The van der Waals surface area contributed by atoms with E-state index in [9.17, 15) is 5.11 Å². The lowest BCUT2D eigenvalue weighted by Gasteiger charge is -2.04. The van der Waals surface area contributed by atoms with Crippen molar-refractivity contribution >= 4 is 11.3 Å². The lowest BCUT2D eigenvalue weighted by Crippen LogP contribution is -1.95. The van der Waals surface area contributed by atoms with E-state index in [1.54, 1.807) is 17.6 Å². The van der Waals surface area contributed by atoms with E-state index in [-0.39, 0.29) is 0 Å². The Morgan fingerprint density at radius 3 is 2.85 bits per heavy atom. The van der Waals surface area contributed by atoms with Crippen molar-refractivity contribution < 1.29 is 9.52 Å². The summed E-state index contributed by atoms with van der Waals surface area (Å²) in [7, 11) is 0. The van der Waals surface area contributed by atoms with Crippen LogP contribution in [0.1, 0.15) is 23.0 Å².